The summed E-state index contributed by atoms with van der Waals surface area (Å²) in [5.74, 6) is 0.938. The van der Waals surface area contributed by atoms with Crippen molar-refractivity contribution in [2.45, 2.75) is 6.92 Å². The molecule has 1 atom stereocenters. The van der Waals surface area contributed by atoms with Crippen molar-refractivity contribution in [2.24, 2.45) is 5.92 Å². The molecule has 0 fully saturated rings. The maximum Gasteiger partial charge on any atom is 0.108 e. The van der Waals surface area contributed by atoms with Crippen molar-refractivity contribution >= 4 is 0 Å². The van der Waals surface area contributed by atoms with Crippen molar-refractivity contribution in [1.29, 1.82) is 0 Å². The largest absolute Gasteiger partial charge is 0.469 e. The molecule has 1 aliphatic rings. The molecule has 50 valence electrons. The Morgan fingerprint density at radius 1 is 1.89 bits per heavy atom. The monoisotopic (exact) mass is 126 g/mol. The number of aliphatic hydroxyl groups is 1. The Kier molecular flexibility index (Phi) is 1.90. The highest BCUT2D eigenvalue weighted by Gasteiger charge is 2.14. The number of allylic oxidation sites excluding steroid dienone is 1. The summed E-state index contributed by atoms with van der Waals surface area (Å²) in [6.45, 7) is 2.03. The van der Waals surface area contributed by atoms with Crippen LogP contribution >= 0.6 is 0 Å². The van der Waals surface area contributed by atoms with Crippen molar-refractivity contribution < 1.29 is 9.84 Å². The first-order chi connectivity index (χ1) is 4.38. The Morgan fingerprint density at radius 2 is 2.67 bits per heavy atom. The maximum atomic E-state index is 8.70. The van der Waals surface area contributed by atoms with E-state index in [1.165, 1.54) is 0 Å². The van der Waals surface area contributed by atoms with Crippen LogP contribution < -0.4 is 0 Å². The Hall–Kier alpha value is -0.760. The van der Waals surface area contributed by atoms with Crippen LogP contribution in [-0.2, 0) is 4.74 Å². The smallest absolute Gasteiger partial charge is 0.108 e. The van der Waals surface area contributed by atoms with Crippen LogP contribution in [0.5, 0.6) is 0 Å². The molecule has 1 aliphatic heterocycles. The highest BCUT2D eigenvalue weighted by atomic mass is 16.5. The Morgan fingerprint density at radius 3 is 3.11 bits per heavy atom. The maximum absolute atomic E-state index is 8.70. The summed E-state index contributed by atoms with van der Waals surface area (Å²) < 4.78 is 5.03. The minimum atomic E-state index is 0.0926. The van der Waals surface area contributed by atoms with Gasteiger partial charge in [-0.2, -0.15) is 0 Å². The Balaban J connectivity index is 2.60. The molecule has 0 aliphatic carbocycles. The molecule has 0 saturated heterocycles. The van der Waals surface area contributed by atoms with Gasteiger partial charge in [0.15, 0.2) is 0 Å². The number of ether oxygens (including phenoxy) is 1. The van der Waals surface area contributed by atoms with Crippen molar-refractivity contribution in [3.63, 3.8) is 0 Å². The molecule has 0 amide bonds. The van der Waals surface area contributed by atoms with Gasteiger partial charge in [0, 0.05) is 0 Å². The number of rotatable bonds is 1. The molecule has 0 aromatic carbocycles. The van der Waals surface area contributed by atoms with Gasteiger partial charge in [-0.3, -0.25) is 0 Å². The highest BCUT2D eigenvalue weighted by Crippen LogP contribution is 2.19. The molecule has 9 heavy (non-hydrogen) atoms. The van der Waals surface area contributed by atoms with E-state index in [9.17, 15) is 0 Å². The summed E-state index contributed by atoms with van der Waals surface area (Å²) in [4.78, 5) is 0. The third-order valence-corrected chi connectivity index (χ3v) is 1.36. The molecular weight excluding hydrogens is 116 g/mol. The Labute approximate surface area is 54.5 Å². The lowest BCUT2D eigenvalue weighted by Crippen LogP contribution is -2.01. The van der Waals surface area contributed by atoms with Crippen LogP contribution in [0.3, 0.4) is 0 Å². The fourth-order valence-corrected chi connectivity index (χ4v) is 0.828. The third kappa shape index (κ3) is 1.13. The quantitative estimate of drug-likeness (QED) is 0.569. The van der Waals surface area contributed by atoms with Gasteiger partial charge in [0.1, 0.15) is 5.76 Å². The molecule has 0 spiro atoms. The first kappa shape index (κ1) is 6.36. The first-order valence-electron chi connectivity index (χ1n) is 2.99. The van der Waals surface area contributed by atoms with Gasteiger partial charge < -0.3 is 9.84 Å². The predicted octanol–water partition coefficient (Wildman–Crippen LogP) is 1.04. The molecule has 0 aromatic rings. The molecular formula is C7H10O2. The van der Waals surface area contributed by atoms with Gasteiger partial charge in [-0.15, -0.1) is 0 Å². The van der Waals surface area contributed by atoms with Crippen molar-refractivity contribution in [2.75, 3.05) is 6.61 Å². The lowest BCUT2D eigenvalue weighted by Gasteiger charge is -2.03. The zero-order valence-corrected chi connectivity index (χ0v) is 5.37. The summed E-state index contributed by atoms with van der Waals surface area (Å²) in [6.07, 6.45) is 5.31. The predicted molar refractivity (Wildman–Crippen MR) is 34.6 cm³/mol. The standard InChI is InChI=1S/C7H10O2/c1-2-7-6(5-8)3-4-9-7/h2-4,6,8H,5H2,1H3/b7-2-. The van der Waals surface area contributed by atoms with E-state index >= 15 is 0 Å². The molecule has 1 rings (SSSR count). The summed E-state index contributed by atoms with van der Waals surface area (Å²) >= 11 is 0. The first-order valence-corrected chi connectivity index (χ1v) is 2.99. The molecule has 0 bridgehead atoms. The van der Waals surface area contributed by atoms with E-state index in [1.54, 1.807) is 6.26 Å². The number of aliphatic hydroxyl groups excluding tert-OH is 1. The van der Waals surface area contributed by atoms with E-state index in [4.69, 9.17) is 9.84 Å². The van der Waals surface area contributed by atoms with Crippen LogP contribution in [-0.4, -0.2) is 11.7 Å². The third-order valence-electron chi connectivity index (χ3n) is 1.36. The fraction of sp³-hybridized carbons (Fsp3) is 0.429. The van der Waals surface area contributed by atoms with Crippen molar-refractivity contribution in [3.05, 3.63) is 24.2 Å². The van der Waals surface area contributed by atoms with Crippen LogP contribution in [0.15, 0.2) is 24.2 Å². The van der Waals surface area contributed by atoms with Crippen molar-refractivity contribution in [3.8, 4) is 0 Å². The van der Waals surface area contributed by atoms with Gasteiger partial charge in [-0.05, 0) is 19.1 Å². The van der Waals surface area contributed by atoms with Gasteiger partial charge in [-0.1, -0.05) is 0 Å². The van der Waals surface area contributed by atoms with Crippen molar-refractivity contribution in [1.82, 2.24) is 0 Å². The van der Waals surface area contributed by atoms with Gasteiger partial charge in [0.2, 0.25) is 0 Å². The second-order valence-corrected chi connectivity index (χ2v) is 1.93. The molecule has 2 heteroatoms. The van der Waals surface area contributed by atoms with Gasteiger partial charge in [0.25, 0.3) is 0 Å². The van der Waals surface area contributed by atoms with Crippen LogP contribution in [0.25, 0.3) is 0 Å². The lowest BCUT2D eigenvalue weighted by molar-refractivity contribution is 0.239. The van der Waals surface area contributed by atoms with Crippen LogP contribution in [0.2, 0.25) is 0 Å². The lowest BCUT2D eigenvalue weighted by atomic mass is 10.1. The summed E-state index contributed by atoms with van der Waals surface area (Å²) in [7, 11) is 0. The minimum absolute atomic E-state index is 0.0926. The second kappa shape index (κ2) is 2.69. The number of hydrogen-bond donors (Lipinski definition) is 1. The van der Waals surface area contributed by atoms with Crippen LogP contribution in [0.1, 0.15) is 6.92 Å². The minimum Gasteiger partial charge on any atom is -0.469 e. The van der Waals surface area contributed by atoms with E-state index in [1.807, 2.05) is 19.1 Å². The van der Waals surface area contributed by atoms with E-state index in [2.05, 4.69) is 0 Å². The van der Waals surface area contributed by atoms with E-state index in [0.717, 1.165) is 5.76 Å². The van der Waals surface area contributed by atoms with E-state index in [-0.39, 0.29) is 12.5 Å². The second-order valence-electron chi connectivity index (χ2n) is 1.93. The molecule has 0 aromatic heterocycles. The molecule has 1 heterocycles. The average Bonchev–Trinajstić information content (AvgIpc) is 2.33. The zero-order chi connectivity index (χ0) is 6.69. The normalized spacial score (nSPS) is 29.1. The molecule has 2 nitrogen and oxygen atoms in total. The van der Waals surface area contributed by atoms with Gasteiger partial charge in [0.05, 0.1) is 18.8 Å². The number of hydrogen-bond acceptors (Lipinski definition) is 2. The fourth-order valence-electron chi connectivity index (χ4n) is 0.828. The van der Waals surface area contributed by atoms with E-state index in [0.29, 0.717) is 0 Å². The highest BCUT2D eigenvalue weighted by molar-refractivity contribution is 5.11. The van der Waals surface area contributed by atoms with Crippen LogP contribution in [0, 0.1) is 5.92 Å². The summed E-state index contributed by atoms with van der Waals surface area (Å²) in [5, 5.41) is 8.70. The average molecular weight is 126 g/mol. The SMILES string of the molecule is C/C=C1\OC=CC1CO. The summed E-state index contributed by atoms with van der Waals surface area (Å²) in [6, 6.07) is 0. The van der Waals surface area contributed by atoms with E-state index < -0.39 is 0 Å². The van der Waals surface area contributed by atoms with Gasteiger partial charge in [-0.25, -0.2) is 0 Å². The molecule has 0 radical (unpaired) electrons. The molecule has 1 N–H and O–H groups in total. The zero-order valence-electron chi connectivity index (χ0n) is 5.37. The Bertz CT molecular complexity index is 147. The molecule has 0 saturated carbocycles. The van der Waals surface area contributed by atoms with Crippen LogP contribution in [0.4, 0.5) is 0 Å². The topological polar surface area (TPSA) is 29.5 Å². The molecule has 1 unspecified atom stereocenters. The summed E-state index contributed by atoms with van der Waals surface area (Å²) in [5.41, 5.74) is 0. The van der Waals surface area contributed by atoms with Gasteiger partial charge >= 0.3 is 0 Å².